The number of fused-ring (bicyclic) bond motifs is 1. The van der Waals surface area contributed by atoms with E-state index < -0.39 is 23.7 Å². The lowest BCUT2D eigenvalue weighted by molar-refractivity contribution is -0.173. The van der Waals surface area contributed by atoms with Crippen LogP contribution in [-0.2, 0) is 14.4 Å². The summed E-state index contributed by atoms with van der Waals surface area (Å²) in [6, 6.07) is 6.35. The van der Waals surface area contributed by atoms with Crippen molar-refractivity contribution in [2.75, 3.05) is 13.7 Å². The van der Waals surface area contributed by atoms with Crippen LogP contribution in [-0.4, -0.2) is 36.6 Å². The number of hydrogen-bond acceptors (Lipinski definition) is 5. The molecule has 106 valence electrons. The van der Waals surface area contributed by atoms with Crippen LogP contribution in [0.5, 0.6) is 0 Å². The molecule has 1 aromatic carbocycles. The summed E-state index contributed by atoms with van der Waals surface area (Å²) in [5.74, 6) is -2.31. The van der Waals surface area contributed by atoms with Gasteiger partial charge in [0.25, 0.3) is 11.8 Å². The maximum absolute atomic E-state index is 12.0. The van der Waals surface area contributed by atoms with E-state index >= 15 is 0 Å². The molecule has 1 atom stereocenters. The number of benzene rings is 1. The third-order valence-electron chi connectivity index (χ3n) is 3.10. The Morgan fingerprint density at radius 1 is 1.20 bits per heavy atom. The van der Waals surface area contributed by atoms with Crippen LogP contribution in [0.15, 0.2) is 24.3 Å². The Bertz CT molecular complexity index is 519. The van der Waals surface area contributed by atoms with E-state index in [1.165, 1.54) is 19.2 Å². The first-order valence-electron chi connectivity index (χ1n) is 6.24. The molecule has 1 aromatic rings. The third kappa shape index (κ3) is 2.55. The van der Waals surface area contributed by atoms with Crippen molar-refractivity contribution < 1.29 is 24.0 Å². The molecule has 6 nitrogen and oxygen atoms in total. The van der Waals surface area contributed by atoms with Crippen molar-refractivity contribution >= 4 is 17.8 Å². The normalized spacial score (nSPS) is 15.2. The zero-order valence-electron chi connectivity index (χ0n) is 11.3. The zero-order valence-corrected chi connectivity index (χ0v) is 11.3. The molecular weight excluding hydrogens is 262 g/mol. The Hall–Kier alpha value is -2.21. The molecule has 0 bridgehead atoms. The van der Waals surface area contributed by atoms with Crippen LogP contribution in [0.25, 0.3) is 0 Å². The molecule has 0 saturated heterocycles. The predicted molar refractivity (Wildman–Crippen MR) is 68.7 cm³/mol. The first kappa shape index (κ1) is 14.2. The van der Waals surface area contributed by atoms with Crippen LogP contribution in [0.3, 0.4) is 0 Å². The Balaban J connectivity index is 2.07. The van der Waals surface area contributed by atoms with Crippen molar-refractivity contribution in [1.82, 2.24) is 5.06 Å². The van der Waals surface area contributed by atoms with Crippen molar-refractivity contribution in [3.63, 3.8) is 0 Å². The van der Waals surface area contributed by atoms with E-state index in [-0.39, 0.29) is 11.1 Å². The van der Waals surface area contributed by atoms with Gasteiger partial charge in [0, 0.05) is 13.7 Å². The summed E-state index contributed by atoms with van der Waals surface area (Å²) in [5.41, 5.74) is 0.490. The molecule has 0 spiro atoms. The van der Waals surface area contributed by atoms with Gasteiger partial charge in [0.1, 0.15) is 0 Å². The van der Waals surface area contributed by atoms with Gasteiger partial charge >= 0.3 is 5.97 Å². The number of ether oxygens (including phenoxy) is 1. The van der Waals surface area contributed by atoms with Crippen molar-refractivity contribution in [2.45, 2.75) is 13.3 Å². The van der Waals surface area contributed by atoms with Gasteiger partial charge in [0.05, 0.1) is 17.0 Å². The predicted octanol–water partition coefficient (Wildman–Crippen LogP) is 1.41. The van der Waals surface area contributed by atoms with Crippen molar-refractivity contribution in [2.24, 2.45) is 5.92 Å². The highest BCUT2D eigenvalue weighted by Crippen LogP contribution is 2.23. The zero-order chi connectivity index (χ0) is 14.7. The second-order valence-electron chi connectivity index (χ2n) is 4.54. The number of hydrogen-bond donors (Lipinski definition) is 0. The van der Waals surface area contributed by atoms with Crippen LogP contribution in [0, 0.1) is 5.92 Å². The lowest BCUT2D eigenvalue weighted by Gasteiger charge is -2.15. The average Bonchev–Trinajstić information content (AvgIpc) is 2.70. The molecule has 2 amide bonds. The molecule has 1 heterocycles. The summed E-state index contributed by atoms with van der Waals surface area (Å²) < 4.78 is 4.87. The van der Waals surface area contributed by atoms with E-state index in [0.29, 0.717) is 18.1 Å². The number of methoxy groups -OCH3 is 1. The second kappa shape index (κ2) is 5.83. The smallest absolute Gasteiger partial charge is 0.336 e. The van der Waals surface area contributed by atoms with Gasteiger partial charge in [0.15, 0.2) is 0 Å². The van der Waals surface area contributed by atoms with Gasteiger partial charge in [0.2, 0.25) is 0 Å². The lowest BCUT2D eigenvalue weighted by Crippen LogP contribution is -2.34. The summed E-state index contributed by atoms with van der Waals surface area (Å²) >= 11 is 0. The monoisotopic (exact) mass is 277 g/mol. The molecule has 0 aliphatic carbocycles. The van der Waals surface area contributed by atoms with E-state index in [9.17, 15) is 14.4 Å². The maximum Gasteiger partial charge on any atom is 0.336 e. The van der Waals surface area contributed by atoms with E-state index in [1.54, 1.807) is 19.1 Å². The molecule has 1 aliphatic heterocycles. The topological polar surface area (TPSA) is 72.9 Å². The number of nitrogens with zero attached hydrogens (tertiary/aromatic N) is 1. The number of hydroxylamine groups is 2. The van der Waals surface area contributed by atoms with E-state index in [0.717, 1.165) is 0 Å². The Morgan fingerprint density at radius 3 is 2.25 bits per heavy atom. The van der Waals surface area contributed by atoms with Gasteiger partial charge < -0.3 is 9.57 Å². The van der Waals surface area contributed by atoms with E-state index in [1.807, 2.05) is 0 Å². The van der Waals surface area contributed by atoms with Crippen LogP contribution in [0.1, 0.15) is 34.1 Å². The maximum atomic E-state index is 12.0. The number of amides is 2. The minimum Gasteiger partial charge on any atom is -0.385 e. The molecule has 6 heteroatoms. The third-order valence-corrected chi connectivity index (χ3v) is 3.10. The van der Waals surface area contributed by atoms with Crippen molar-refractivity contribution in [3.05, 3.63) is 35.4 Å². The quantitative estimate of drug-likeness (QED) is 0.761. The van der Waals surface area contributed by atoms with E-state index in [2.05, 4.69) is 0 Å². The summed E-state index contributed by atoms with van der Waals surface area (Å²) in [6.07, 6.45) is 0.457. The standard InChI is InChI=1S/C14H15NO5/c1-9(7-8-19-2)14(18)20-15-12(16)10-5-3-4-6-11(10)13(15)17/h3-6,9H,7-8H2,1-2H3. The second-order valence-corrected chi connectivity index (χ2v) is 4.54. The fourth-order valence-electron chi connectivity index (χ4n) is 1.84. The average molecular weight is 277 g/mol. The van der Waals surface area contributed by atoms with Crippen molar-refractivity contribution in [3.8, 4) is 0 Å². The van der Waals surface area contributed by atoms with Gasteiger partial charge in [-0.05, 0) is 18.6 Å². The molecule has 0 saturated carbocycles. The fourth-order valence-corrected chi connectivity index (χ4v) is 1.84. The van der Waals surface area contributed by atoms with Crippen LogP contribution in [0.4, 0.5) is 0 Å². The highest BCUT2D eigenvalue weighted by Gasteiger charge is 2.39. The lowest BCUT2D eigenvalue weighted by atomic mass is 10.1. The molecule has 1 unspecified atom stereocenters. The number of rotatable bonds is 5. The number of carbonyl (C=O) groups is 3. The number of carbonyl (C=O) groups excluding carboxylic acids is 3. The highest BCUT2D eigenvalue weighted by atomic mass is 16.7. The van der Waals surface area contributed by atoms with Gasteiger partial charge in [-0.25, -0.2) is 4.79 Å². The van der Waals surface area contributed by atoms with Crippen LogP contribution >= 0.6 is 0 Å². The highest BCUT2D eigenvalue weighted by molar-refractivity contribution is 6.20. The van der Waals surface area contributed by atoms with Crippen LogP contribution < -0.4 is 0 Å². The van der Waals surface area contributed by atoms with Gasteiger partial charge in [-0.3, -0.25) is 9.59 Å². The molecule has 1 aliphatic rings. The Labute approximate surface area is 116 Å². The molecule has 0 radical (unpaired) electrons. The minimum absolute atomic E-state index is 0.245. The Morgan fingerprint density at radius 2 is 1.75 bits per heavy atom. The first-order chi connectivity index (χ1) is 9.56. The molecule has 0 aromatic heterocycles. The van der Waals surface area contributed by atoms with Gasteiger partial charge in [-0.2, -0.15) is 0 Å². The SMILES string of the molecule is COCCC(C)C(=O)ON1C(=O)c2ccccc2C1=O. The summed E-state index contributed by atoms with van der Waals surface area (Å²) in [7, 11) is 1.53. The van der Waals surface area contributed by atoms with Crippen molar-refractivity contribution in [1.29, 1.82) is 0 Å². The molecule has 0 fully saturated rings. The molecule has 2 rings (SSSR count). The molecule has 20 heavy (non-hydrogen) atoms. The Kier molecular flexibility index (Phi) is 4.14. The van der Waals surface area contributed by atoms with Gasteiger partial charge in [-0.1, -0.05) is 24.1 Å². The van der Waals surface area contributed by atoms with E-state index in [4.69, 9.17) is 9.57 Å². The summed E-state index contributed by atoms with van der Waals surface area (Å²) in [6.45, 7) is 2.05. The number of imide groups is 1. The molecular formula is C14H15NO5. The summed E-state index contributed by atoms with van der Waals surface area (Å²) in [5, 5.41) is 0.524. The molecule has 0 N–H and O–H groups in total. The fraction of sp³-hybridized carbons (Fsp3) is 0.357. The van der Waals surface area contributed by atoms with Crippen LogP contribution in [0.2, 0.25) is 0 Å². The summed E-state index contributed by atoms with van der Waals surface area (Å²) in [4.78, 5) is 40.7. The first-order valence-corrected chi connectivity index (χ1v) is 6.24. The largest absolute Gasteiger partial charge is 0.385 e. The minimum atomic E-state index is -0.628. The van der Waals surface area contributed by atoms with Gasteiger partial charge in [-0.15, -0.1) is 0 Å².